The molecule has 6 N–H and O–H groups in total. The Labute approximate surface area is 159 Å². The van der Waals surface area contributed by atoms with Crippen molar-refractivity contribution in [3.05, 3.63) is 58.1 Å². The molecule has 0 atom stereocenters. The van der Waals surface area contributed by atoms with E-state index in [1.807, 2.05) is 0 Å². The number of hydrogen-bond acceptors (Lipinski definition) is 6. The first-order valence-corrected chi connectivity index (χ1v) is 7.42. The number of hydrogen-bond donors (Lipinski definition) is 4. The van der Waals surface area contributed by atoms with Crippen LogP contribution in [0, 0.1) is 16.9 Å². The minimum absolute atomic E-state index is 0.00398. The maximum Gasteiger partial charge on any atom is 0.300 e. The highest BCUT2D eigenvalue weighted by atomic mass is 35.5. The van der Waals surface area contributed by atoms with Gasteiger partial charge in [0.15, 0.2) is 0 Å². The fourth-order valence-corrected chi connectivity index (χ4v) is 1.60. The number of aliphatic imine (C=N–C) groups is 1. The van der Waals surface area contributed by atoms with E-state index in [-0.39, 0.29) is 11.7 Å². The van der Waals surface area contributed by atoms with Gasteiger partial charge in [0.05, 0.1) is 0 Å². The van der Waals surface area contributed by atoms with Crippen LogP contribution in [0.25, 0.3) is 0 Å². The third kappa shape index (κ3) is 10.5. The Balaban J connectivity index is 0.000000405. The summed E-state index contributed by atoms with van der Waals surface area (Å²) >= 11 is 11.1. The number of rotatable bonds is 2. The summed E-state index contributed by atoms with van der Waals surface area (Å²) in [6.45, 7) is 1.08. The second-order valence-corrected chi connectivity index (χ2v) is 5.04. The minimum Gasteiger partial charge on any atom is -0.481 e. The minimum atomic E-state index is -0.833. The molecule has 0 saturated carbocycles. The Morgan fingerprint density at radius 1 is 1.19 bits per heavy atom. The van der Waals surface area contributed by atoms with Gasteiger partial charge in [-0.05, 0) is 24.3 Å². The average molecular weight is 396 g/mol. The normalized spacial score (nSPS) is 9.54. The van der Waals surface area contributed by atoms with Gasteiger partial charge in [-0.15, -0.1) is 0 Å². The molecule has 9 nitrogen and oxygen atoms in total. The van der Waals surface area contributed by atoms with Gasteiger partial charge >= 0.3 is 0 Å². The molecular weight excluding hydrogens is 381 g/mol. The van der Waals surface area contributed by atoms with Crippen molar-refractivity contribution >= 4 is 40.8 Å². The monoisotopic (exact) mass is 395 g/mol. The molecule has 0 amide bonds. The Kier molecular flexibility index (Phi) is 10.7. The van der Waals surface area contributed by atoms with Crippen molar-refractivity contribution in [1.29, 1.82) is 10.7 Å². The van der Waals surface area contributed by atoms with Crippen molar-refractivity contribution in [2.45, 2.75) is 6.92 Å². The summed E-state index contributed by atoms with van der Waals surface area (Å²) in [7, 11) is 0. The molecular formula is C15H15Cl2N7O2. The molecule has 0 spiro atoms. The lowest BCUT2D eigenvalue weighted by Gasteiger charge is -1.96. The Morgan fingerprint density at radius 2 is 1.62 bits per heavy atom. The molecule has 136 valence electrons. The topological polar surface area (TPSA) is 175 Å². The molecule has 26 heavy (non-hydrogen) atoms. The largest absolute Gasteiger partial charge is 0.481 e. The van der Waals surface area contributed by atoms with Crippen molar-refractivity contribution < 1.29 is 9.90 Å². The number of carboxylic acids is 1. The van der Waals surface area contributed by atoms with Gasteiger partial charge in [0.1, 0.15) is 22.0 Å². The van der Waals surface area contributed by atoms with Crippen LogP contribution in [-0.2, 0) is 4.79 Å². The molecule has 2 aromatic heterocycles. The van der Waals surface area contributed by atoms with Crippen LogP contribution in [0.15, 0.2) is 41.7 Å². The fraction of sp³-hybridized carbons (Fsp3) is 0.0667. The molecule has 0 fully saturated rings. The van der Waals surface area contributed by atoms with Crippen LogP contribution in [0.4, 0.5) is 0 Å². The maximum atomic E-state index is 9.00. The number of carbonyl (C=O) groups is 1. The maximum absolute atomic E-state index is 9.00. The molecule has 0 unspecified atom stereocenters. The summed E-state index contributed by atoms with van der Waals surface area (Å²) in [4.78, 5) is 19.8. The smallest absolute Gasteiger partial charge is 0.300 e. The quantitative estimate of drug-likeness (QED) is 0.260. The number of pyridine rings is 2. The SMILES string of the molecule is CC(=O)O.N#CN=C(N)c1ccnc(Cl)c1.N=C(N)c1ccnc(Cl)c1. The zero-order valence-corrected chi connectivity index (χ0v) is 15.0. The van der Waals surface area contributed by atoms with Gasteiger partial charge in [-0.1, -0.05) is 23.2 Å². The van der Waals surface area contributed by atoms with Crippen LogP contribution in [0.3, 0.4) is 0 Å². The average Bonchev–Trinajstić information content (AvgIpc) is 2.55. The third-order valence-electron chi connectivity index (χ3n) is 2.23. The number of nitrogens with one attached hydrogen (secondary N) is 1. The number of carboxylic acid groups (broad SMARTS) is 1. The lowest BCUT2D eigenvalue weighted by molar-refractivity contribution is -0.134. The van der Waals surface area contributed by atoms with Crippen LogP contribution >= 0.6 is 23.2 Å². The zero-order valence-electron chi connectivity index (χ0n) is 13.5. The Bertz CT molecular complexity index is 831. The van der Waals surface area contributed by atoms with Crippen molar-refractivity contribution in [1.82, 2.24) is 9.97 Å². The first-order chi connectivity index (χ1) is 12.2. The van der Waals surface area contributed by atoms with Crippen LogP contribution in [0.5, 0.6) is 0 Å². The summed E-state index contributed by atoms with van der Waals surface area (Å²) in [6, 6.07) is 6.35. The number of nitriles is 1. The van der Waals surface area contributed by atoms with Crippen LogP contribution in [0.1, 0.15) is 18.1 Å². The highest BCUT2D eigenvalue weighted by Gasteiger charge is 1.98. The molecule has 0 aliphatic carbocycles. The number of halogens is 2. The standard InChI is InChI=1S/C7H5ClN4.C6H6ClN3.C2H4O2/c8-6-3-5(1-2-11-6)7(10)12-4-9;7-5-3-4(6(8)9)1-2-10-5;1-2(3)4/h1-3H,(H2,10,12);1-3H,(H3,8,9);1H3,(H,3,4). The van der Waals surface area contributed by atoms with Crippen molar-refractivity contribution in [2.75, 3.05) is 0 Å². The molecule has 2 heterocycles. The third-order valence-corrected chi connectivity index (χ3v) is 2.64. The zero-order chi connectivity index (χ0) is 20.1. The Morgan fingerprint density at radius 3 is 1.96 bits per heavy atom. The van der Waals surface area contributed by atoms with Crippen LogP contribution in [0.2, 0.25) is 10.3 Å². The molecule has 0 aliphatic heterocycles. The van der Waals surface area contributed by atoms with Gasteiger partial charge in [0.2, 0.25) is 6.19 Å². The van der Waals surface area contributed by atoms with E-state index < -0.39 is 5.97 Å². The summed E-state index contributed by atoms with van der Waals surface area (Å²) in [5, 5.41) is 23.3. The van der Waals surface area contributed by atoms with E-state index in [9.17, 15) is 0 Å². The number of aromatic nitrogens is 2. The second-order valence-electron chi connectivity index (χ2n) is 4.26. The second kappa shape index (κ2) is 12.2. The van der Waals surface area contributed by atoms with E-state index in [2.05, 4.69) is 15.0 Å². The van der Waals surface area contributed by atoms with Crippen molar-refractivity contribution in [3.63, 3.8) is 0 Å². The molecule has 2 aromatic rings. The molecule has 0 aromatic carbocycles. The summed E-state index contributed by atoms with van der Waals surface area (Å²) in [5.74, 6) is -0.689. The highest BCUT2D eigenvalue weighted by molar-refractivity contribution is 6.30. The van der Waals surface area contributed by atoms with E-state index in [1.54, 1.807) is 24.4 Å². The van der Waals surface area contributed by atoms with E-state index in [1.165, 1.54) is 18.5 Å². The van der Waals surface area contributed by atoms with Crippen molar-refractivity contribution in [2.24, 2.45) is 16.5 Å². The van der Waals surface area contributed by atoms with Gasteiger partial charge < -0.3 is 16.6 Å². The highest BCUT2D eigenvalue weighted by Crippen LogP contribution is 2.06. The predicted molar refractivity (Wildman–Crippen MR) is 99.2 cm³/mol. The lowest BCUT2D eigenvalue weighted by atomic mass is 10.2. The Hall–Kier alpha value is -3.22. The molecule has 0 bridgehead atoms. The molecule has 0 radical (unpaired) electrons. The van der Waals surface area contributed by atoms with Crippen LogP contribution in [-0.4, -0.2) is 32.7 Å². The van der Waals surface area contributed by atoms with E-state index >= 15 is 0 Å². The number of amidine groups is 2. The molecule has 0 saturated heterocycles. The van der Waals surface area contributed by atoms with Crippen molar-refractivity contribution in [3.8, 4) is 6.19 Å². The van der Waals surface area contributed by atoms with Gasteiger partial charge in [0, 0.05) is 30.4 Å². The lowest BCUT2D eigenvalue weighted by Crippen LogP contribution is -2.12. The summed E-state index contributed by atoms with van der Waals surface area (Å²) in [5.41, 5.74) is 11.8. The fourth-order valence-electron chi connectivity index (χ4n) is 1.25. The summed E-state index contributed by atoms with van der Waals surface area (Å²) in [6.07, 6.45) is 4.60. The van der Waals surface area contributed by atoms with Gasteiger partial charge in [0.25, 0.3) is 5.97 Å². The van der Waals surface area contributed by atoms with E-state index in [4.69, 9.17) is 55.2 Å². The van der Waals surface area contributed by atoms with Crippen LogP contribution < -0.4 is 11.5 Å². The number of nitrogens with two attached hydrogens (primary N) is 2. The van der Waals surface area contributed by atoms with E-state index in [0.717, 1.165) is 6.92 Å². The number of nitrogen functional groups attached to an aromatic ring is 1. The predicted octanol–water partition coefficient (Wildman–Crippen LogP) is 2.03. The number of nitrogens with zero attached hydrogens (tertiary/aromatic N) is 4. The van der Waals surface area contributed by atoms with Gasteiger partial charge in [-0.2, -0.15) is 10.3 Å². The van der Waals surface area contributed by atoms with Gasteiger partial charge in [-0.25, -0.2) is 9.97 Å². The van der Waals surface area contributed by atoms with Gasteiger partial charge in [-0.3, -0.25) is 10.2 Å². The first-order valence-electron chi connectivity index (χ1n) is 6.67. The molecule has 2 rings (SSSR count). The number of aliphatic carboxylic acids is 1. The molecule has 0 aliphatic rings. The van der Waals surface area contributed by atoms with E-state index in [0.29, 0.717) is 21.4 Å². The summed E-state index contributed by atoms with van der Waals surface area (Å²) < 4.78 is 0. The first kappa shape index (κ1) is 22.8. The molecule has 11 heteroatoms.